The average Bonchev–Trinajstić information content (AvgIpc) is 2.67. The zero-order valence-electron chi connectivity index (χ0n) is 13.0. The first-order valence-electron chi connectivity index (χ1n) is 7.68. The topological polar surface area (TPSA) is 67.9 Å². The average molecular weight is 296 g/mol. The van der Waals surface area contributed by atoms with Gasteiger partial charge < -0.3 is 14.8 Å². The smallest absolute Gasteiger partial charge is 0.410 e. The van der Waals surface area contributed by atoms with Crippen LogP contribution >= 0.6 is 0 Å². The molecule has 3 saturated heterocycles. The van der Waals surface area contributed by atoms with Gasteiger partial charge >= 0.3 is 6.09 Å². The molecule has 0 unspecified atom stereocenters. The van der Waals surface area contributed by atoms with Crippen molar-refractivity contribution in [2.24, 2.45) is 5.41 Å². The largest absolute Gasteiger partial charge is 0.444 e. The normalized spacial score (nSPS) is 35.8. The number of hydrogen-bond donors (Lipinski definition) is 1. The highest BCUT2D eigenvalue weighted by molar-refractivity contribution is 5.85. The molecule has 3 rings (SSSR count). The van der Waals surface area contributed by atoms with E-state index in [0.717, 1.165) is 13.0 Å². The predicted octanol–water partition coefficient (Wildman–Crippen LogP) is 1.29. The summed E-state index contributed by atoms with van der Waals surface area (Å²) in [5.74, 6) is 0.142. The van der Waals surface area contributed by atoms with Crippen molar-refractivity contribution in [3.63, 3.8) is 0 Å². The maximum Gasteiger partial charge on any atom is 0.410 e. The molecule has 0 aromatic heterocycles. The van der Waals surface area contributed by atoms with Crippen LogP contribution in [-0.2, 0) is 14.3 Å². The molecule has 21 heavy (non-hydrogen) atoms. The second-order valence-electron chi connectivity index (χ2n) is 7.43. The number of hydrogen-bond acceptors (Lipinski definition) is 4. The Balaban J connectivity index is 1.79. The van der Waals surface area contributed by atoms with Crippen LogP contribution in [0.4, 0.5) is 4.79 Å². The van der Waals surface area contributed by atoms with Crippen molar-refractivity contribution in [3.8, 4) is 0 Å². The van der Waals surface area contributed by atoms with Crippen molar-refractivity contribution in [1.82, 2.24) is 10.2 Å². The Bertz CT molecular complexity index is 443. The van der Waals surface area contributed by atoms with Gasteiger partial charge in [-0.3, -0.25) is 9.69 Å². The highest BCUT2D eigenvalue weighted by Crippen LogP contribution is 2.45. The quantitative estimate of drug-likeness (QED) is 0.731. The number of nitrogens with zero attached hydrogens (tertiary/aromatic N) is 1. The van der Waals surface area contributed by atoms with Crippen molar-refractivity contribution in [3.05, 3.63) is 0 Å². The molecule has 118 valence electrons. The molecule has 3 fully saturated rings. The Morgan fingerprint density at radius 1 is 1.33 bits per heavy atom. The number of ether oxygens (including phenoxy) is 2. The van der Waals surface area contributed by atoms with Gasteiger partial charge in [-0.05, 0) is 40.0 Å². The minimum absolute atomic E-state index is 0.0591. The van der Waals surface area contributed by atoms with Crippen LogP contribution in [0.3, 0.4) is 0 Å². The Kier molecular flexibility index (Phi) is 3.39. The summed E-state index contributed by atoms with van der Waals surface area (Å²) in [6, 6.07) is -0.118. The minimum atomic E-state index is -0.508. The monoisotopic (exact) mass is 296 g/mol. The molecule has 1 spiro atoms. The first-order valence-corrected chi connectivity index (χ1v) is 7.68. The molecular weight excluding hydrogens is 272 g/mol. The van der Waals surface area contributed by atoms with Crippen LogP contribution in [-0.4, -0.2) is 54.3 Å². The van der Waals surface area contributed by atoms with Gasteiger partial charge in [-0.15, -0.1) is 0 Å². The van der Waals surface area contributed by atoms with Crippen molar-refractivity contribution in [1.29, 1.82) is 0 Å². The van der Waals surface area contributed by atoms with Gasteiger partial charge in [0, 0.05) is 6.54 Å². The fraction of sp³-hybridized carbons (Fsp3) is 0.867. The Hall–Kier alpha value is -1.30. The van der Waals surface area contributed by atoms with E-state index in [1.54, 1.807) is 0 Å². The van der Waals surface area contributed by atoms with E-state index in [1.807, 2.05) is 25.7 Å². The van der Waals surface area contributed by atoms with Crippen LogP contribution in [0.2, 0.25) is 0 Å². The minimum Gasteiger partial charge on any atom is -0.444 e. The van der Waals surface area contributed by atoms with Crippen LogP contribution in [0.1, 0.15) is 40.0 Å². The molecular formula is C15H24N2O4. The van der Waals surface area contributed by atoms with Crippen molar-refractivity contribution in [2.45, 2.75) is 57.7 Å². The van der Waals surface area contributed by atoms with E-state index in [9.17, 15) is 9.59 Å². The van der Waals surface area contributed by atoms with Crippen molar-refractivity contribution in [2.75, 3.05) is 19.8 Å². The first kappa shape index (κ1) is 14.6. The predicted molar refractivity (Wildman–Crippen MR) is 75.8 cm³/mol. The van der Waals surface area contributed by atoms with Gasteiger partial charge in [-0.1, -0.05) is 0 Å². The molecule has 2 bridgehead atoms. The molecule has 3 atom stereocenters. The number of rotatable bonds is 0. The number of nitrogens with one attached hydrogen (secondary N) is 1. The molecule has 0 radical (unpaired) electrons. The van der Waals surface area contributed by atoms with Crippen molar-refractivity contribution < 1.29 is 19.1 Å². The van der Waals surface area contributed by atoms with E-state index in [2.05, 4.69) is 5.32 Å². The van der Waals surface area contributed by atoms with Gasteiger partial charge in [0.25, 0.3) is 0 Å². The SMILES string of the molecule is CC(C)(C)OC(=O)N1[C@@H]2COC[C@H]1C[C@]1(CCNC1=O)C2. The summed E-state index contributed by atoms with van der Waals surface area (Å²) >= 11 is 0. The lowest BCUT2D eigenvalue weighted by Gasteiger charge is -2.51. The van der Waals surface area contributed by atoms with Gasteiger partial charge in [0.05, 0.1) is 30.7 Å². The lowest BCUT2D eigenvalue weighted by atomic mass is 9.71. The molecule has 3 aliphatic rings. The second kappa shape index (κ2) is 4.87. The summed E-state index contributed by atoms with van der Waals surface area (Å²) < 4.78 is 11.1. The molecule has 0 aliphatic carbocycles. The Morgan fingerprint density at radius 3 is 2.43 bits per heavy atom. The van der Waals surface area contributed by atoms with Crippen LogP contribution in [0.25, 0.3) is 0 Å². The number of carbonyl (C=O) groups is 2. The number of fused-ring (bicyclic) bond motifs is 2. The maximum atomic E-state index is 12.5. The number of piperidine rings is 1. The third-order valence-corrected chi connectivity index (χ3v) is 4.64. The van der Waals surface area contributed by atoms with Crippen molar-refractivity contribution >= 4 is 12.0 Å². The molecule has 2 amide bonds. The van der Waals surface area contributed by atoms with Crippen LogP contribution in [0.15, 0.2) is 0 Å². The highest BCUT2D eigenvalue weighted by atomic mass is 16.6. The molecule has 3 heterocycles. The standard InChI is InChI=1S/C15H24N2O4/c1-14(2,3)21-13(19)17-10-6-15(4-5-16-12(15)18)7-11(17)9-20-8-10/h10-11H,4-9H2,1-3H3,(H,16,18)/t10-,11+,15-. The van der Waals surface area contributed by atoms with Crippen LogP contribution < -0.4 is 5.32 Å². The van der Waals surface area contributed by atoms with Gasteiger partial charge in [0.1, 0.15) is 5.60 Å². The molecule has 0 aromatic rings. The number of carbonyl (C=O) groups excluding carboxylic acids is 2. The first-order chi connectivity index (χ1) is 9.81. The van der Waals surface area contributed by atoms with E-state index in [-0.39, 0.29) is 29.5 Å². The van der Waals surface area contributed by atoms with E-state index in [1.165, 1.54) is 0 Å². The Labute approximate surface area is 125 Å². The third kappa shape index (κ3) is 2.61. The fourth-order valence-corrected chi connectivity index (χ4v) is 3.82. The van der Waals surface area contributed by atoms with Crippen LogP contribution in [0.5, 0.6) is 0 Å². The van der Waals surface area contributed by atoms with E-state index >= 15 is 0 Å². The Morgan fingerprint density at radius 2 is 1.95 bits per heavy atom. The highest BCUT2D eigenvalue weighted by Gasteiger charge is 2.54. The maximum absolute atomic E-state index is 12.5. The van der Waals surface area contributed by atoms with Crippen LogP contribution in [0, 0.1) is 5.41 Å². The summed E-state index contributed by atoms with van der Waals surface area (Å²) in [7, 11) is 0. The fourth-order valence-electron chi connectivity index (χ4n) is 3.82. The molecule has 0 aromatic carbocycles. The molecule has 1 N–H and O–H groups in total. The summed E-state index contributed by atoms with van der Waals surface area (Å²) in [6.45, 7) is 7.33. The summed E-state index contributed by atoms with van der Waals surface area (Å²) in [5, 5.41) is 2.94. The lowest BCUT2D eigenvalue weighted by Crippen LogP contribution is -2.63. The third-order valence-electron chi connectivity index (χ3n) is 4.64. The summed E-state index contributed by atoms with van der Waals surface area (Å²) in [4.78, 5) is 26.5. The van der Waals surface area contributed by atoms with Gasteiger partial charge in [-0.2, -0.15) is 0 Å². The van der Waals surface area contributed by atoms with E-state index < -0.39 is 5.60 Å². The van der Waals surface area contributed by atoms with E-state index in [4.69, 9.17) is 9.47 Å². The zero-order chi connectivity index (χ0) is 15.3. The second-order valence-corrected chi connectivity index (χ2v) is 7.43. The zero-order valence-corrected chi connectivity index (χ0v) is 13.0. The molecule has 3 aliphatic heterocycles. The number of amides is 2. The molecule has 6 heteroatoms. The van der Waals surface area contributed by atoms with E-state index in [0.29, 0.717) is 26.1 Å². The lowest BCUT2D eigenvalue weighted by molar-refractivity contribution is -0.142. The number of morpholine rings is 1. The summed E-state index contributed by atoms with van der Waals surface area (Å²) in [6.07, 6.45) is 1.93. The van der Waals surface area contributed by atoms with Gasteiger partial charge in [-0.25, -0.2) is 4.79 Å². The van der Waals surface area contributed by atoms with Gasteiger partial charge in [0.15, 0.2) is 0 Å². The summed E-state index contributed by atoms with van der Waals surface area (Å²) in [5.41, 5.74) is -0.816. The molecule has 0 saturated carbocycles. The molecule has 6 nitrogen and oxygen atoms in total. The van der Waals surface area contributed by atoms with Gasteiger partial charge in [0.2, 0.25) is 5.91 Å².